The second kappa shape index (κ2) is 6.64. The van der Waals surface area contributed by atoms with Crippen molar-refractivity contribution in [2.24, 2.45) is 5.92 Å². The summed E-state index contributed by atoms with van der Waals surface area (Å²) in [6.45, 7) is 1.90. The average Bonchev–Trinajstić information content (AvgIpc) is 2.33. The van der Waals surface area contributed by atoms with Crippen molar-refractivity contribution in [3.05, 3.63) is 23.8 Å². The van der Waals surface area contributed by atoms with Crippen molar-refractivity contribution in [2.75, 3.05) is 19.5 Å². The summed E-state index contributed by atoms with van der Waals surface area (Å²) in [5, 5.41) is 8.85. The molecular weight excluding hydrogens is 290 g/mol. The minimum Gasteiger partial charge on any atom is -0.497 e. The highest BCUT2D eigenvalue weighted by atomic mass is 35.7. The van der Waals surface area contributed by atoms with Gasteiger partial charge >= 0.3 is 0 Å². The molecule has 0 aromatic heterocycles. The van der Waals surface area contributed by atoms with Gasteiger partial charge in [0.1, 0.15) is 11.5 Å². The van der Waals surface area contributed by atoms with Gasteiger partial charge in [-0.3, -0.25) is 0 Å². The number of hydrogen-bond acceptors (Lipinski definition) is 5. The maximum atomic E-state index is 10.9. The lowest BCUT2D eigenvalue weighted by atomic mass is 10.2. The maximum Gasteiger partial charge on any atom is 0.232 e. The first-order valence-electron chi connectivity index (χ1n) is 5.48. The molecule has 0 saturated carbocycles. The van der Waals surface area contributed by atoms with Crippen molar-refractivity contribution in [2.45, 2.75) is 6.92 Å². The van der Waals surface area contributed by atoms with Crippen LogP contribution in [0.3, 0.4) is 0 Å². The molecule has 0 saturated heterocycles. The van der Waals surface area contributed by atoms with Crippen LogP contribution in [-0.2, 0) is 9.05 Å². The number of methoxy groups -OCH3 is 1. The van der Waals surface area contributed by atoms with E-state index in [2.05, 4.69) is 0 Å². The van der Waals surface area contributed by atoms with Gasteiger partial charge in [-0.05, 0) is 12.1 Å². The zero-order valence-electron chi connectivity index (χ0n) is 10.6. The quantitative estimate of drug-likeness (QED) is 0.753. The fourth-order valence-corrected chi connectivity index (χ4v) is 2.89. The molecule has 0 fully saturated rings. The number of ether oxygens (including phenoxy) is 2. The molecule has 0 N–H and O–H groups in total. The van der Waals surface area contributed by atoms with Crippen LogP contribution in [0.1, 0.15) is 12.5 Å². The number of hydrogen-bond donors (Lipinski definition) is 0. The summed E-state index contributed by atoms with van der Waals surface area (Å²) in [4.78, 5) is 0. The van der Waals surface area contributed by atoms with E-state index in [1.54, 1.807) is 25.1 Å². The third kappa shape index (κ3) is 5.81. The van der Waals surface area contributed by atoms with E-state index >= 15 is 0 Å². The summed E-state index contributed by atoms with van der Waals surface area (Å²) < 4.78 is 32.3. The molecule has 1 aromatic carbocycles. The van der Waals surface area contributed by atoms with E-state index in [9.17, 15) is 8.42 Å². The van der Waals surface area contributed by atoms with Crippen LogP contribution in [0.25, 0.3) is 0 Å². The number of rotatable bonds is 6. The van der Waals surface area contributed by atoms with Crippen LogP contribution in [0.15, 0.2) is 18.2 Å². The monoisotopic (exact) mass is 303 g/mol. The van der Waals surface area contributed by atoms with Crippen molar-refractivity contribution in [3.63, 3.8) is 0 Å². The number of benzene rings is 1. The molecule has 1 rings (SSSR count). The van der Waals surface area contributed by atoms with E-state index in [1.807, 2.05) is 6.07 Å². The average molecular weight is 304 g/mol. The zero-order valence-corrected chi connectivity index (χ0v) is 12.2. The Labute approximate surface area is 117 Å². The van der Waals surface area contributed by atoms with Crippen LogP contribution in [0.2, 0.25) is 0 Å². The first-order chi connectivity index (χ1) is 8.84. The van der Waals surface area contributed by atoms with Gasteiger partial charge < -0.3 is 9.47 Å². The lowest BCUT2D eigenvalue weighted by Crippen LogP contribution is -2.16. The third-order valence-corrected chi connectivity index (χ3v) is 3.61. The Morgan fingerprint density at radius 2 is 2.00 bits per heavy atom. The summed E-state index contributed by atoms with van der Waals surface area (Å²) >= 11 is 0. The minimum atomic E-state index is -3.54. The Morgan fingerprint density at radius 1 is 1.37 bits per heavy atom. The van der Waals surface area contributed by atoms with Gasteiger partial charge in [-0.25, -0.2) is 8.42 Å². The van der Waals surface area contributed by atoms with Crippen molar-refractivity contribution >= 4 is 19.7 Å². The molecule has 0 amide bonds. The predicted octanol–water partition coefficient (Wildman–Crippen LogP) is 2.15. The summed E-state index contributed by atoms with van der Waals surface area (Å²) in [5.74, 6) is 0.546. The Hall–Kier alpha value is -1.45. The molecular formula is C12H14ClNO4S. The van der Waals surface area contributed by atoms with E-state index in [0.717, 1.165) is 0 Å². The van der Waals surface area contributed by atoms with Gasteiger partial charge in [0, 0.05) is 22.7 Å². The van der Waals surface area contributed by atoms with Crippen molar-refractivity contribution in [1.82, 2.24) is 0 Å². The summed E-state index contributed by atoms with van der Waals surface area (Å²) in [6.07, 6.45) is 0. The van der Waals surface area contributed by atoms with Gasteiger partial charge in [0.05, 0.1) is 31.1 Å². The van der Waals surface area contributed by atoms with Gasteiger partial charge in [-0.1, -0.05) is 6.92 Å². The van der Waals surface area contributed by atoms with E-state index in [4.69, 9.17) is 25.4 Å². The first kappa shape index (κ1) is 15.6. The largest absolute Gasteiger partial charge is 0.497 e. The van der Waals surface area contributed by atoms with Crippen LogP contribution in [-0.4, -0.2) is 27.9 Å². The molecule has 0 aliphatic carbocycles. The highest BCUT2D eigenvalue weighted by Gasteiger charge is 2.13. The van der Waals surface area contributed by atoms with Gasteiger partial charge in [0.2, 0.25) is 9.05 Å². The zero-order chi connectivity index (χ0) is 14.5. The van der Waals surface area contributed by atoms with Gasteiger partial charge in [0.25, 0.3) is 0 Å². The highest BCUT2D eigenvalue weighted by Crippen LogP contribution is 2.23. The molecule has 7 heteroatoms. The lowest BCUT2D eigenvalue weighted by molar-refractivity contribution is 0.270. The molecule has 0 aliphatic heterocycles. The molecule has 0 aliphatic rings. The first-order valence-corrected chi connectivity index (χ1v) is 7.96. The van der Waals surface area contributed by atoms with Gasteiger partial charge in [-0.15, -0.1) is 0 Å². The van der Waals surface area contributed by atoms with Crippen molar-refractivity contribution < 1.29 is 17.9 Å². The van der Waals surface area contributed by atoms with Crippen molar-refractivity contribution in [3.8, 4) is 17.6 Å². The predicted molar refractivity (Wildman–Crippen MR) is 72.0 cm³/mol. The van der Waals surface area contributed by atoms with Crippen LogP contribution in [0.4, 0.5) is 0 Å². The fraction of sp³-hybridized carbons (Fsp3) is 0.417. The molecule has 5 nitrogen and oxygen atoms in total. The van der Waals surface area contributed by atoms with Gasteiger partial charge in [-0.2, -0.15) is 5.26 Å². The molecule has 1 aromatic rings. The Kier molecular flexibility index (Phi) is 5.45. The van der Waals surface area contributed by atoms with Crippen molar-refractivity contribution in [1.29, 1.82) is 5.26 Å². The summed E-state index contributed by atoms with van der Waals surface area (Å²) in [6, 6.07) is 6.76. The summed E-state index contributed by atoms with van der Waals surface area (Å²) in [5.41, 5.74) is 0.409. The lowest BCUT2D eigenvalue weighted by Gasteiger charge is -2.12. The van der Waals surface area contributed by atoms with Crippen LogP contribution >= 0.6 is 10.7 Å². The normalized spacial score (nSPS) is 12.5. The molecule has 0 bridgehead atoms. The molecule has 0 radical (unpaired) electrons. The standard InChI is InChI=1S/C12H14ClNO4S/c1-9(8-19(13,15)16)7-18-12-4-10(6-14)3-11(5-12)17-2/h3-5,9H,7-8H2,1-2H3. The minimum absolute atomic E-state index is 0.163. The van der Waals surface area contributed by atoms with E-state index in [0.29, 0.717) is 17.1 Å². The topological polar surface area (TPSA) is 76.4 Å². The van der Waals surface area contributed by atoms with E-state index in [-0.39, 0.29) is 18.3 Å². The van der Waals surface area contributed by atoms with Crippen LogP contribution in [0.5, 0.6) is 11.5 Å². The summed E-state index contributed by atoms with van der Waals surface area (Å²) in [7, 11) is 3.11. The van der Waals surface area contributed by atoms with Crippen LogP contribution < -0.4 is 9.47 Å². The maximum absolute atomic E-state index is 10.9. The smallest absolute Gasteiger partial charge is 0.232 e. The van der Waals surface area contributed by atoms with E-state index in [1.165, 1.54) is 7.11 Å². The molecule has 104 valence electrons. The molecule has 19 heavy (non-hydrogen) atoms. The van der Waals surface area contributed by atoms with Crippen LogP contribution in [0, 0.1) is 17.2 Å². The number of nitriles is 1. The number of nitrogens with zero attached hydrogens (tertiary/aromatic N) is 1. The second-order valence-electron chi connectivity index (χ2n) is 4.13. The van der Waals surface area contributed by atoms with Gasteiger partial charge in [0.15, 0.2) is 0 Å². The molecule has 1 unspecified atom stereocenters. The fourth-order valence-electron chi connectivity index (χ4n) is 1.46. The second-order valence-corrected chi connectivity index (χ2v) is 6.95. The Balaban J connectivity index is 2.70. The molecule has 0 heterocycles. The number of halogens is 1. The third-order valence-electron chi connectivity index (χ3n) is 2.26. The Bertz CT molecular complexity index is 580. The SMILES string of the molecule is COc1cc(C#N)cc(OCC(C)CS(=O)(=O)Cl)c1. The molecule has 0 spiro atoms. The van der Waals surface area contributed by atoms with E-state index < -0.39 is 9.05 Å². The molecule has 1 atom stereocenters. The Morgan fingerprint density at radius 3 is 2.53 bits per heavy atom. The highest BCUT2D eigenvalue weighted by molar-refractivity contribution is 8.13.